The molecule has 34 heavy (non-hydrogen) atoms. The molecule has 194 valence electrons. The number of rotatable bonds is 6. The lowest BCUT2D eigenvalue weighted by molar-refractivity contribution is -0.230. The van der Waals surface area contributed by atoms with E-state index in [4.69, 9.17) is 4.74 Å². The van der Waals surface area contributed by atoms with Gasteiger partial charge in [0.05, 0.1) is 0 Å². The number of esters is 1. The standard InChI is InChI=1S/C30H50O4/c1-18(2)19(3)8-9-20(4)24-12-13-25-26-11-10-22-16-23(34-21(5)31)14-15-29(22,7)30(26,33)27(32)17-28(24,25)6/h18-20,22-26,33H,8-17H2,1-7H3/t19-,20+,22-,23-,24+,25-,26-,28+,29-,30-/m0/s1. The molecule has 0 aromatic carbocycles. The molecule has 0 unspecified atom stereocenters. The first kappa shape index (κ1) is 26.2. The summed E-state index contributed by atoms with van der Waals surface area (Å²) >= 11 is 0. The zero-order chi connectivity index (χ0) is 25.1. The molecule has 4 aliphatic rings. The lowest BCUT2D eigenvalue weighted by Crippen LogP contribution is -2.70. The van der Waals surface area contributed by atoms with Crippen molar-refractivity contribution in [1.82, 2.24) is 0 Å². The normalized spacial score (nSPS) is 45.8. The average molecular weight is 475 g/mol. The van der Waals surface area contributed by atoms with Crippen LogP contribution < -0.4 is 0 Å². The molecule has 0 aromatic rings. The number of ether oxygens (including phenoxy) is 1. The van der Waals surface area contributed by atoms with Gasteiger partial charge in [0, 0.05) is 18.8 Å². The van der Waals surface area contributed by atoms with Crippen molar-refractivity contribution in [3.8, 4) is 0 Å². The molecule has 0 heterocycles. The van der Waals surface area contributed by atoms with Crippen LogP contribution in [0.15, 0.2) is 0 Å². The van der Waals surface area contributed by atoms with E-state index in [1.165, 1.54) is 26.2 Å². The van der Waals surface area contributed by atoms with Crippen molar-refractivity contribution in [3.63, 3.8) is 0 Å². The van der Waals surface area contributed by atoms with Crippen LogP contribution in [0.4, 0.5) is 0 Å². The zero-order valence-corrected chi connectivity index (χ0v) is 22.9. The summed E-state index contributed by atoms with van der Waals surface area (Å²) in [7, 11) is 0. The van der Waals surface area contributed by atoms with Crippen LogP contribution in [0, 0.1) is 52.3 Å². The average Bonchev–Trinajstić information content (AvgIpc) is 3.09. The van der Waals surface area contributed by atoms with Crippen LogP contribution in [0.5, 0.6) is 0 Å². The Balaban J connectivity index is 1.54. The minimum Gasteiger partial charge on any atom is -0.463 e. The fraction of sp³-hybridized carbons (Fsp3) is 0.933. The maximum absolute atomic E-state index is 14.0. The SMILES string of the molecule is CC(=O)O[C@H]1CC[C@@]2(C)[C@@H](CC[C@H]3[C@@H]4CC[C@H]([C@H](C)CC[C@H](C)C(C)C)[C@@]4(C)CC(=O)[C@@]32O)C1. The molecule has 4 fully saturated rings. The Labute approximate surface area is 208 Å². The molecule has 4 heteroatoms. The number of fused-ring (bicyclic) bond motifs is 5. The Kier molecular flexibility index (Phi) is 7.08. The number of hydrogen-bond acceptors (Lipinski definition) is 4. The Hall–Kier alpha value is -0.900. The van der Waals surface area contributed by atoms with Crippen molar-refractivity contribution < 1.29 is 19.4 Å². The quantitative estimate of drug-likeness (QED) is 0.442. The molecule has 4 saturated carbocycles. The van der Waals surface area contributed by atoms with Gasteiger partial charge in [-0.2, -0.15) is 0 Å². The van der Waals surface area contributed by atoms with Crippen LogP contribution >= 0.6 is 0 Å². The summed E-state index contributed by atoms with van der Waals surface area (Å²) < 4.78 is 5.56. The van der Waals surface area contributed by atoms with E-state index in [0.29, 0.717) is 24.2 Å². The molecule has 0 bridgehead atoms. The van der Waals surface area contributed by atoms with Gasteiger partial charge in [0.2, 0.25) is 0 Å². The molecule has 4 rings (SSSR count). The molecule has 10 atom stereocenters. The number of ketones is 1. The molecule has 0 aromatic heterocycles. The van der Waals surface area contributed by atoms with Gasteiger partial charge >= 0.3 is 5.97 Å². The van der Waals surface area contributed by atoms with Crippen LogP contribution in [0.25, 0.3) is 0 Å². The third-order valence-electron chi connectivity index (χ3n) is 11.8. The second kappa shape index (κ2) is 9.20. The molecule has 4 nitrogen and oxygen atoms in total. The van der Waals surface area contributed by atoms with E-state index in [0.717, 1.165) is 50.4 Å². The van der Waals surface area contributed by atoms with E-state index in [1.54, 1.807) is 0 Å². The summed E-state index contributed by atoms with van der Waals surface area (Å²) in [6, 6.07) is 0. The molecule has 0 spiro atoms. The van der Waals surface area contributed by atoms with Crippen molar-refractivity contribution in [3.05, 3.63) is 0 Å². The molecule has 0 radical (unpaired) electrons. The molecule has 0 amide bonds. The van der Waals surface area contributed by atoms with E-state index in [2.05, 4.69) is 41.5 Å². The minimum absolute atomic E-state index is 0.0204. The van der Waals surface area contributed by atoms with Gasteiger partial charge in [0.15, 0.2) is 5.78 Å². The van der Waals surface area contributed by atoms with Crippen LogP contribution in [0.1, 0.15) is 113 Å². The van der Waals surface area contributed by atoms with Crippen molar-refractivity contribution in [2.75, 3.05) is 0 Å². The van der Waals surface area contributed by atoms with Gasteiger partial charge in [0.1, 0.15) is 11.7 Å². The maximum atomic E-state index is 14.0. The fourth-order valence-electron chi connectivity index (χ4n) is 9.36. The third-order valence-corrected chi connectivity index (χ3v) is 11.8. The van der Waals surface area contributed by atoms with Gasteiger partial charge in [-0.25, -0.2) is 0 Å². The first-order valence-electron chi connectivity index (χ1n) is 14.3. The molecular formula is C30H50O4. The lowest BCUT2D eigenvalue weighted by atomic mass is 9.41. The Morgan fingerprint density at radius 1 is 1.03 bits per heavy atom. The summed E-state index contributed by atoms with van der Waals surface area (Å²) in [4.78, 5) is 25.5. The highest BCUT2D eigenvalue weighted by Gasteiger charge is 2.70. The summed E-state index contributed by atoms with van der Waals surface area (Å²) in [5, 5.41) is 12.3. The van der Waals surface area contributed by atoms with E-state index in [9.17, 15) is 14.7 Å². The molecule has 0 saturated heterocycles. The summed E-state index contributed by atoms with van der Waals surface area (Å²) in [6.45, 7) is 15.5. The van der Waals surface area contributed by atoms with Crippen molar-refractivity contribution >= 4 is 11.8 Å². The van der Waals surface area contributed by atoms with Gasteiger partial charge in [-0.1, -0.05) is 54.4 Å². The number of hydrogen-bond donors (Lipinski definition) is 1. The molecule has 0 aliphatic heterocycles. The largest absolute Gasteiger partial charge is 0.463 e. The van der Waals surface area contributed by atoms with E-state index >= 15 is 0 Å². The highest BCUT2D eigenvalue weighted by atomic mass is 16.5. The predicted octanol–water partition coefficient (Wildman–Crippen LogP) is 6.58. The predicted molar refractivity (Wildman–Crippen MR) is 135 cm³/mol. The second-order valence-electron chi connectivity index (χ2n) is 13.7. The van der Waals surface area contributed by atoms with Crippen molar-refractivity contribution in [2.45, 2.75) is 124 Å². The number of carbonyl (C=O) groups excluding carboxylic acids is 2. The topological polar surface area (TPSA) is 63.6 Å². The number of carbonyl (C=O) groups is 2. The first-order valence-corrected chi connectivity index (χ1v) is 14.3. The Morgan fingerprint density at radius 3 is 2.35 bits per heavy atom. The van der Waals surface area contributed by atoms with Crippen LogP contribution in [0.3, 0.4) is 0 Å². The van der Waals surface area contributed by atoms with Crippen LogP contribution in [-0.2, 0) is 14.3 Å². The van der Waals surface area contributed by atoms with Crippen molar-refractivity contribution in [1.29, 1.82) is 0 Å². The maximum Gasteiger partial charge on any atom is 0.302 e. The molecule has 4 aliphatic carbocycles. The van der Waals surface area contributed by atoms with E-state index in [-0.39, 0.29) is 35.1 Å². The summed E-state index contributed by atoms with van der Waals surface area (Å²) in [6.07, 6.45) is 9.61. The lowest BCUT2D eigenvalue weighted by Gasteiger charge is -2.64. The Bertz CT molecular complexity index is 791. The van der Waals surface area contributed by atoms with E-state index < -0.39 is 11.0 Å². The minimum atomic E-state index is -1.22. The number of Topliss-reactive ketones (excluding diaryl/α,β-unsaturated/α-hetero) is 1. The fourth-order valence-corrected chi connectivity index (χ4v) is 9.36. The summed E-state index contributed by atoms with van der Waals surface area (Å²) in [5.74, 6) is 3.32. The highest BCUT2D eigenvalue weighted by molar-refractivity contribution is 5.90. The second-order valence-corrected chi connectivity index (χ2v) is 13.7. The first-order chi connectivity index (χ1) is 15.8. The smallest absolute Gasteiger partial charge is 0.302 e. The van der Waals surface area contributed by atoms with E-state index in [1.807, 2.05) is 0 Å². The van der Waals surface area contributed by atoms with Crippen LogP contribution in [0.2, 0.25) is 0 Å². The van der Waals surface area contributed by atoms with Gasteiger partial charge in [-0.3, -0.25) is 9.59 Å². The van der Waals surface area contributed by atoms with Gasteiger partial charge in [-0.15, -0.1) is 0 Å². The molecule has 1 N–H and O–H groups in total. The third kappa shape index (κ3) is 3.98. The van der Waals surface area contributed by atoms with Gasteiger partial charge < -0.3 is 9.84 Å². The monoisotopic (exact) mass is 474 g/mol. The summed E-state index contributed by atoms with van der Waals surface area (Å²) in [5.41, 5.74) is -1.60. The highest BCUT2D eigenvalue weighted by Crippen LogP contribution is 2.69. The van der Waals surface area contributed by atoms with Crippen molar-refractivity contribution in [2.24, 2.45) is 52.3 Å². The van der Waals surface area contributed by atoms with Crippen LogP contribution in [-0.4, -0.2) is 28.6 Å². The number of aliphatic hydroxyl groups is 1. The molecular weight excluding hydrogens is 424 g/mol. The van der Waals surface area contributed by atoms with Gasteiger partial charge in [-0.05, 0) is 91.8 Å². The Morgan fingerprint density at radius 2 is 1.71 bits per heavy atom. The zero-order valence-electron chi connectivity index (χ0n) is 22.9. The van der Waals surface area contributed by atoms with Gasteiger partial charge in [0.25, 0.3) is 0 Å².